The molecule has 0 unspecified atom stereocenters. The molecule has 0 bridgehead atoms. The van der Waals surface area contributed by atoms with E-state index in [1.165, 1.54) is 13.8 Å². The predicted molar refractivity (Wildman–Crippen MR) is 100 cm³/mol. The molecule has 0 fully saturated rings. The first-order chi connectivity index (χ1) is 12.3. The van der Waals surface area contributed by atoms with E-state index in [-0.39, 0.29) is 6.42 Å². The van der Waals surface area contributed by atoms with Gasteiger partial charge in [0.25, 0.3) is 0 Å². The van der Waals surface area contributed by atoms with Crippen molar-refractivity contribution in [1.29, 1.82) is 0 Å². The second kappa shape index (κ2) is 8.44. The molecule has 0 aliphatic rings. The summed E-state index contributed by atoms with van der Waals surface area (Å²) in [7, 11) is 0. The van der Waals surface area contributed by atoms with Gasteiger partial charge in [-0.3, -0.25) is 14.4 Å². The van der Waals surface area contributed by atoms with Gasteiger partial charge >= 0.3 is 0 Å². The summed E-state index contributed by atoms with van der Waals surface area (Å²) in [6.07, 6.45) is 0.264. The molecule has 0 spiro atoms. The van der Waals surface area contributed by atoms with E-state index in [0.717, 1.165) is 16.3 Å². The number of nitrogens with two attached hydrogens (primary N) is 2. The molecule has 3 atom stereocenters. The van der Waals surface area contributed by atoms with E-state index in [1.54, 1.807) is 0 Å². The lowest BCUT2D eigenvalue weighted by molar-refractivity contribution is -0.131. The Hall–Kier alpha value is -2.93. The van der Waals surface area contributed by atoms with Gasteiger partial charge in [0, 0.05) is 6.42 Å². The monoisotopic (exact) mass is 356 g/mol. The Morgan fingerprint density at radius 2 is 1.62 bits per heavy atom. The van der Waals surface area contributed by atoms with E-state index < -0.39 is 35.8 Å². The highest BCUT2D eigenvalue weighted by molar-refractivity contribution is 5.92. The second-order valence-corrected chi connectivity index (χ2v) is 6.37. The second-order valence-electron chi connectivity index (χ2n) is 6.37. The van der Waals surface area contributed by atoms with Crippen LogP contribution in [0.2, 0.25) is 0 Å². The highest BCUT2D eigenvalue weighted by atomic mass is 16.2. The van der Waals surface area contributed by atoms with Gasteiger partial charge < -0.3 is 22.1 Å². The summed E-state index contributed by atoms with van der Waals surface area (Å²) in [6, 6.07) is 11.2. The molecule has 3 amide bonds. The molecular weight excluding hydrogens is 332 g/mol. The van der Waals surface area contributed by atoms with Crippen molar-refractivity contribution in [1.82, 2.24) is 10.6 Å². The Kier molecular flexibility index (Phi) is 6.30. The van der Waals surface area contributed by atoms with Crippen LogP contribution in [0.25, 0.3) is 10.8 Å². The van der Waals surface area contributed by atoms with E-state index in [4.69, 9.17) is 11.5 Å². The lowest BCUT2D eigenvalue weighted by Gasteiger charge is -2.21. The largest absolute Gasteiger partial charge is 0.368 e. The summed E-state index contributed by atoms with van der Waals surface area (Å²) in [4.78, 5) is 35.7. The number of carbonyl (C=O) groups is 3. The van der Waals surface area contributed by atoms with Gasteiger partial charge in [0.2, 0.25) is 17.7 Å². The molecule has 2 aromatic carbocycles. The van der Waals surface area contributed by atoms with Crippen LogP contribution in [0.3, 0.4) is 0 Å². The van der Waals surface area contributed by atoms with Gasteiger partial charge in [-0.2, -0.15) is 0 Å². The topological polar surface area (TPSA) is 127 Å². The van der Waals surface area contributed by atoms with Crippen LogP contribution in [0.5, 0.6) is 0 Å². The number of rotatable bonds is 7. The maximum absolute atomic E-state index is 12.5. The van der Waals surface area contributed by atoms with E-state index in [0.29, 0.717) is 0 Å². The zero-order chi connectivity index (χ0) is 19.3. The van der Waals surface area contributed by atoms with Crippen molar-refractivity contribution in [3.05, 3.63) is 48.0 Å². The molecule has 26 heavy (non-hydrogen) atoms. The minimum Gasteiger partial charge on any atom is -0.368 e. The number of carbonyl (C=O) groups excluding carboxylic acids is 3. The van der Waals surface area contributed by atoms with Crippen molar-refractivity contribution in [2.75, 3.05) is 0 Å². The van der Waals surface area contributed by atoms with Gasteiger partial charge in [0.05, 0.1) is 6.04 Å². The number of nitrogens with one attached hydrogen (secondary N) is 2. The Morgan fingerprint density at radius 3 is 2.23 bits per heavy atom. The maximum Gasteiger partial charge on any atom is 0.243 e. The number of hydrogen-bond acceptors (Lipinski definition) is 4. The predicted octanol–water partition coefficient (Wildman–Crippen LogP) is 0.204. The first kappa shape index (κ1) is 19.4. The molecule has 0 aliphatic heterocycles. The van der Waals surface area contributed by atoms with Crippen LogP contribution in [-0.4, -0.2) is 35.8 Å². The number of fused-ring (bicyclic) bond motifs is 1. The van der Waals surface area contributed by atoms with Crippen LogP contribution in [0.15, 0.2) is 42.5 Å². The van der Waals surface area contributed by atoms with Crippen LogP contribution in [0.1, 0.15) is 19.4 Å². The van der Waals surface area contributed by atoms with Crippen molar-refractivity contribution in [2.24, 2.45) is 11.5 Å². The molecule has 138 valence electrons. The third kappa shape index (κ3) is 5.03. The quantitative estimate of drug-likeness (QED) is 0.565. The van der Waals surface area contributed by atoms with Gasteiger partial charge in [-0.1, -0.05) is 42.5 Å². The normalized spacial score (nSPS) is 14.3. The van der Waals surface area contributed by atoms with Gasteiger partial charge in [-0.15, -0.1) is 0 Å². The minimum absolute atomic E-state index is 0.264. The molecular formula is C19H24N4O3. The summed E-state index contributed by atoms with van der Waals surface area (Å²) in [5, 5.41) is 7.26. The first-order valence-corrected chi connectivity index (χ1v) is 8.41. The smallest absolute Gasteiger partial charge is 0.243 e. The average molecular weight is 356 g/mol. The van der Waals surface area contributed by atoms with Gasteiger partial charge in [-0.25, -0.2) is 0 Å². The van der Waals surface area contributed by atoms with E-state index in [1.807, 2.05) is 42.5 Å². The molecule has 2 aromatic rings. The lowest BCUT2D eigenvalue weighted by Crippen LogP contribution is -2.55. The summed E-state index contributed by atoms with van der Waals surface area (Å²) in [5.74, 6) is -1.59. The van der Waals surface area contributed by atoms with Crippen molar-refractivity contribution in [3.63, 3.8) is 0 Å². The highest BCUT2D eigenvalue weighted by Gasteiger charge is 2.25. The Labute approximate surface area is 152 Å². The fourth-order valence-corrected chi connectivity index (χ4v) is 2.50. The average Bonchev–Trinajstić information content (AvgIpc) is 2.60. The van der Waals surface area contributed by atoms with Crippen molar-refractivity contribution >= 4 is 28.5 Å². The summed E-state index contributed by atoms with van der Waals surface area (Å²) < 4.78 is 0. The van der Waals surface area contributed by atoms with Crippen molar-refractivity contribution < 1.29 is 14.4 Å². The van der Waals surface area contributed by atoms with Crippen LogP contribution in [-0.2, 0) is 20.8 Å². The zero-order valence-electron chi connectivity index (χ0n) is 14.9. The summed E-state index contributed by atoms with van der Waals surface area (Å²) in [5.41, 5.74) is 11.6. The van der Waals surface area contributed by atoms with Gasteiger partial charge in [0.1, 0.15) is 12.1 Å². The Balaban J connectivity index is 2.22. The molecule has 0 heterocycles. The minimum atomic E-state index is -0.864. The van der Waals surface area contributed by atoms with Crippen LogP contribution in [0.4, 0.5) is 0 Å². The maximum atomic E-state index is 12.5. The zero-order valence-corrected chi connectivity index (χ0v) is 14.9. The Morgan fingerprint density at radius 1 is 0.962 bits per heavy atom. The van der Waals surface area contributed by atoms with Crippen LogP contribution >= 0.6 is 0 Å². The summed E-state index contributed by atoms with van der Waals surface area (Å²) in [6.45, 7) is 3.02. The summed E-state index contributed by atoms with van der Waals surface area (Å²) >= 11 is 0. The molecule has 2 rings (SSSR count). The van der Waals surface area contributed by atoms with Gasteiger partial charge in [0.15, 0.2) is 0 Å². The van der Waals surface area contributed by atoms with Crippen LogP contribution in [0, 0.1) is 0 Å². The number of hydrogen-bond donors (Lipinski definition) is 4. The molecule has 0 aromatic heterocycles. The third-order valence-electron chi connectivity index (χ3n) is 4.09. The fourth-order valence-electron chi connectivity index (χ4n) is 2.50. The van der Waals surface area contributed by atoms with Crippen molar-refractivity contribution in [3.8, 4) is 0 Å². The molecule has 7 nitrogen and oxygen atoms in total. The van der Waals surface area contributed by atoms with Crippen LogP contribution < -0.4 is 22.1 Å². The lowest BCUT2D eigenvalue weighted by atomic mass is 10.0. The Bertz CT molecular complexity index is 819. The fraction of sp³-hybridized carbons (Fsp3) is 0.316. The molecule has 0 saturated heterocycles. The molecule has 0 saturated carbocycles. The number of benzene rings is 2. The molecule has 6 N–H and O–H groups in total. The van der Waals surface area contributed by atoms with E-state index in [9.17, 15) is 14.4 Å². The van der Waals surface area contributed by atoms with Gasteiger partial charge in [-0.05, 0) is 30.2 Å². The first-order valence-electron chi connectivity index (χ1n) is 8.41. The number of amides is 3. The van der Waals surface area contributed by atoms with E-state index in [2.05, 4.69) is 10.6 Å². The SMILES string of the molecule is C[C@H](NC(=O)[C@@H](Cc1ccc2ccccc2c1)NC(=O)[C@@H](C)N)C(N)=O. The highest BCUT2D eigenvalue weighted by Crippen LogP contribution is 2.17. The molecule has 0 radical (unpaired) electrons. The molecule has 7 heteroatoms. The molecule has 0 aliphatic carbocycles. The van der Waals surface area contributed by atoms with E-state index >= 15 is 0 Å². The standard InChI is InChI=1S/C19H24N4O3/c1-11(20)18(25)23-16(19(26)22-12(2)17(21)24)10-13-7-8-14-5-3-4-6-15(14)9-13/h3-9,11-12,16H,10,20H2,1-2H3,(H2,21,24)(H,22,26)(H,23,25)/t11-,12+,16-/m1/s1. The number of primary amides is 1. The third-order valence-corrected chi connectivity index (χ3v) is 4.09. The van der Waals surface area contributed by atoms with Crippen molar-refractivity contribution in [2.45, 2.75) is 38.4 Å².